The third kappa shape index (κ3) is 5.82. The van der Waals surface area contributed by atoms with Gasteiger partial charge in [-0.2, -0.15) is 0 Å². The van der Waals surface area contributed by atoms with Crippen molar-refractivity contribution in [1.82, 2.24) is 25.4 Å². The maximum absolute atomic E-state index is 12.0. The van der Waals surface area contributed by atoms with Crippen LogP contribution in [-0.2, 0) is 4.79 Å². The van der Waals surface area contributed by atoms with E-state index in [1.54, 1.807) is 0 Å². The first-order valence-electron chi connectivity index (χ1n) is 9.25. The van der Waals surface area contributed by atoms with E-state index in [1.165, 1.54) is 11.8 Å². The summed E-state index contributed by atoms with van der Waals surface area (Å²) in [6.07, 6.45) is 3.11. The van der Waals surface area contributed by atoms with E-state index < -0.39 is 6.03 Å². The Labute approximate surface area is 163 Å². The highest BCUT2D eigenvalue weighted by Gasteiger charge is 2.30. The van der Waals surface area contributed by atoms with Gasteiger partial charge in [-0.1, -0.05) is 43.8 Å². The molecule has 144 valence electrons. The van der Waals surface area contributed by atoms with Crippen molar-refractivity contribution in [3.05, 3.63) is 36.2 Å². The molecule has 1 saturated carbocycles. The molecule has 8 heteroatoms. The average molecular weight is 388 g/mol. The molecule has 1 heterocycles. The van der Waals surface area contributed by atoms with Crippen LogP contribution in [0.5, 0.6) is 0 Å². The summed E-state index contributed by atoms with van der Waals surface area (Å²) in [5.41, 5.74) is 0.965. The highest BCUT2D eigenvalue weighted by Crippen LogP contribution is 2.40. The average Bonchev–Trinajstić information content (AvgIpc) is 3.40. The summed E-state index contributed by atoms with van der Waals surface area (Å²) in [6.45, 7) is 4.72. The zero-order chi connectivity index (χ0) is 19.2. The number of hydrogen-bond donors (Lipinski definition) is 2. The minimum absolute atomic E-state index is 0.0977. The van der Waals surface area contributed by atoms with Crippen LogP contribution in [0.2, 0.25) is 0 Å². The fourth-order valence-corrected chi connectivity index (χ4v) is 3.17. The number of urea groups is 1. The van der Waals surface area contributed by atoms with Crippen LogP contribution in [0.15, 0.2) is 35.5 Å². The number of rotatable bonds is 8. The predicted molar refractivity (Wildman–Crippen MR) is 105 cm³/mol. The Bertz CT molecular complexity index is 787. The van der Waals surface area contributed by atoms with Crippen molar-refractivity contribution in [3.63, 3.8) is 0 Å². The molecule has 0 saturated heterocycles. The standard InChI is InChI=1S/C19H25N5O2S/c1-13(2)10-11-20-18(26)21-16(25)12-27-19-22-17(14-8-9-14)24(23-19)15-6-4-3-5-7-15/h3-7,13-14H,8-12H2,1-2H3,(H2,20,21,25,26). The van der Waals surface area contributed by atoms with Crippen molar-refractivity contribution in [2.24, 2.45) is 5.92 Å². The van der Waals surface area contributed by atoms with Gasteiger partial charge in [-0.25, -0.2) is 14.5 Å². The summed E-state index contributed by atoms with van der Waals surface area (Å²) in [7, 11) is 0. The lowest BCUT2D eigenvalue weighted by molar-refractivity contribution is -0.117. The quantitative estimate of drug-likeness (QED) is 0.680. The van der Waals surface area contributed by atoms with Gasteiger partial charge < -0.3 is 5.32 Å². The second-order valence-corrected chi connectivity index (χ2v) is 7.99. The van der Waals surface area contributed by atoms with Crippen LogP contribution >= 0.6 is 11.8 Å². The molecule has 1 fully saturated rings. The van der Waals surface area contributed by atoms with E-state index in [4.69, 9.17) is 0 Å². The molecular formula is C19H25N5O2S. The van der Waals surface area contributed by atoms with Crippen molar-refractivity contribution in [2.75, 3.05) is 12.3 Å². The number of amides is 3. The van der Waals surface area contributed by atoms with Crippen LogP contribution in [0.1, 0.15) is 44.9 Å². The number of hydrogen-bond acceptors (Lipinski definition) is 5. The Morgan fingerprint density at radius 1 is 1.26 bits per heavy atom. The monoisotopic (exact) mass is 387 g/mol. The van der Waals surface area contributed by atoms with Crippen LogP contribution < -0.4 is 10.6 Å². The Morgan fingerprint density at radius 2 is 2.00 bits per heavy atom. The first-order valence-corrected chi connectivity index (χ1v) is 10.2. The van der Waals surface area contributed by atoms with E-state index in [9.17, 15) is 9.59 Å². The molecule has 0 spiro atoms. The van der Waals surface area contributed by atoms with E-state index in [-0.39, 0.29) is 11.7 Å². The minimum atomic E-state index is -0.456. The number of thioether (sulfide) groups is 1. The zero-order valence-corrected chi connectivity index (χ0v) is 16.5. The van der Waals surface area contributed by atoms with E-state index >= 15 is 0 Å². The lowest BCUT2D eigenvalue weighted by Gasteiger charge is -2.07. The highest BCUT2D eigenvalue weighted by atomic mass is 32.2. The lowest BCUT2D eigenvalue weighted by atomic mass is 10.1. The number of para-hydroxylation sites is 1. The van der Waals surface area contributed by atoms with E-state index in [2.05, 4.69) is 34.6 Å². The third-order valence-corrected chi connectivity index (χ3v) is 4.99. The Balaban J connectivity index is 1.54. The molecule has 2 aromatic rings. The van der Waals surface area contributed by atoms with Gasteiger partial charge in [0.05, 0.1) is 11.4 Å². The Hall–Kier alpha value is -2.35. The minimum Gasteiger partial charge on any atom is -0.338 e. The number of nitrogens with one attached hydrogen (secondary N) is 2. The molecule has 1 aromatic heterocycles. The van der Waals surface area contributed by atoms with E-state index in [1.807, 2.05) is 35.0 Å². The molecule has 0 atom stereocenters. The van der Waals surface area contributed by atoms with Crippen molar-refractivity contribution in [2.45, 2.75) is 44.2 Å². The van der Waals surface area contributed by atoms with Gasteiger partial charge in [0.15, 0.2) is 0 Å². The van der Waals surface area contributed by atoms with Gasteiger partial charge in [-0.3, -0.25) is 10.1 Å². The van der Waals surface area contributed by atoms with Crippen molar-refractivity contribution < 1.29 is 9.59 Å². The highest BCUT2D eigenvalue weighted by molar-refractivity contribution is 7.99. The Morgan fingerprint density at radius 3 is 2.67 bits per heavy atom. The number of imide groups is 1. The molecule has 27 heavy (non-hydrogen) atoms. The fraction of sp³-hybridized carbons (Fsp3) is 0.474. The van der Waals surface area contributed by atoms with E-state index in [0.29, 0.717) is 23.5 Å². The lowest BCUT2D eigenvalue weighted by Crippen LogP contribution is -2.40. The van der Waals surface area contributed by atoms with Gasteiger partial charge in [0.25, 0.3) is 0 Å². The summed E-state index contributed by atoms with van der Waals surface area (Å²) < 4.78 is 1.86. The number of aromatic nitrogens is 3. The molecule has 0 radical (unpaired) electrons. The zero-order valence-electron chi connectivity index (χ0n) is 15.6. The SMILES string of the molecule is CC(C)CCNC(=O)NC(=O)CSc1nc(C2CC2)n(-c2ccccc2)n1. The van der Waals surface area contributed by atoms with Gasteiger partial charge in [0, 0.05) is 12.5 Å². The summed E-state index contributed by atoms with van der Waals surface area (Å²) in [5.74, 6) is 1.62. The third-order valence-electron chi connectivity index (χ3n) is 4.15. The molecule has 3 amide bonds. The van der Waals surface area contributed by atoms with Crippen molar-refractivity contribution >= 4 is 23.7 Å². The van der Waals surface area contributed by atoms with Gasteiger partial charge in [0.1, 0.15) is 5.82 Å². The fourth-order valence-electron chi connectivity index (χ4n) is 2.54. The topological polar surface area (TPSA) is 88.9 Å². The first-order chi connectivity index (χ1) is 13.0. The molecule has 1 aliphatic carbocycles. The summed E-state index contributed by atoms with van der Waals surface area (Å²) >= 11 is 1.24. The molecule has 0 unspecified atom stereocenters. The van der Waals surface area contributed by atoms with Crippen LogP contribution in [0.3, 0.4) is 0 Å². The molecule has 2 N–H and O–H groups in total. The maximum atomic E-state index is 12.0. The number of benzene rings is 1. The van der Waals surface area contributed by atoms with Crippen LogP contribution in [-0.4, -0.2) is 39.0 Å². The Kier molecular flexibility index (Phi) is 6.49. The molecule has 0 bridgehead atoms. The molecule has 1 aromatic carbocycles. The van der Waals surface area contributed by atoms with Gasteiger partial charge >= 0.3 is 6.03 Å². The van der Waals surface area contributed by atoms with Crippen LogP contribution in [0.25, 0.3) is 5.69 Å². The molecule has 0 aliphatic heterocycles. The summed E-state index contributed by atoms with van der Waals surface area (Å²) in [6, 6.07) is 9.41. The van der Waals surface area contributed by atoms with Crippen molar-refractivity contribution in [1.29, 1.82) is 0 Å². The maximum Gasteiger partial charge on any atom is 0.321 e. The molecular weight excluding hydrogens is 362 g/mol. The molecule has 1 aliphatic rings. The second kappa shape index (κ2) is 9.03. The largest absolute Gasteiger partial charge is 0.338 e. The summed E-state index contributed by atoms with van der Waals surface area (Å²) in [4.78, 5) is 28.3. The molecule has 7 nitrogen and oxygen atoms in total. The first kappa shape index (κ1) is 19.4. The second-order valence-electron chi connectivity index (χ2n) is 7.05. The number of nitrogens with zero attached hydrogens (tertiary/aromatic N) is 3. The van der Waals surface area contributed by atoms with Gasteiger partial charge in [-0.15, -0.1) is 5.10 Å². The van der Waals surface area contributed by atoms with Crippen molar-refractivity contribution in [3.8, 4) is 5.69 Å². The summed E-state index contributed by atoms with van der Waals surface area (Å²) in [5, 5.41) is 10.1. The smallest absolute Gasteiger partial charge is 0.321 e. The number of carbonyl (C=O) groups excluding carboxylic acids is 2. The van der Waals surface area contributed by atoms with E-state index in [0.717, 1.165) is 30.8 Å². The van der Waals surface area contributed by atoms with Crippen LogP contribution in [0, 0.1) is 5.92 Å². The van der Waals surface area contributed by atoms with Gasteiger partial charge in [-0.05, 0) is 37.3 Å². The van der Waals surface area contributed by atoms with Gasteiger partial charge in [0.2, 0.25) is 11.1 Å². The number of carbonyl (C=O) groups is 2. The van der Waals surface area contributed by atoms with Crippen LogP contribution in [0.4, 0.5) is 4.79 Å². The normalized spacial score (nSPS) is 13.6. The molecule has 3 rings (SSSR count). The predicted octanol–water partition coefficient (Wildman–Crippen LogP) is 3.11.